The number of hydrogen-bond acceptors (Lipinski definition) is 5. The Balaban J connectivity index is 2.27. The Hall–Kier alpha value is -1.45. The smallest absolute Gasteiger partial charge is 0.280 e. The van der Waals surface area contributed by atoms with Gasteiger partial charge in [0, 0.05) is 18.3 Å². The highest BCUT2D eigenvalue weighted by atomic mass is 79.9. The number of sulfonamides is 1. The zero-order chi connectivity index (χ0) is 14.6. The summed E-state index contributed by atoms with van der Waals surface area (Å²) < 4.78 is 27.6. The van der Waals surface area contributed by atoms with Crippen LogP contribution in [0.2, 0.25) is 0 Å². The van der Waals surface area contributed by atoms with E-state index in [4.69, 9.17) is 0 Å². The highest BCUT2D eigenvalue weighted by Crippen LogP contribution is 2.22. The lowest BCUT2D eigenvalue weighted by Crippen LogP contribution is -2.19. The minimum Gasteiger partial charge on any atom is -0.313 e. The van der Waals surface area contributed by atoms with Crippen molar-refractivity contribution in [3.05, 3.63) is 34.6 Å². The van der Waals surface area contributed by atoms with Crippen LogP contribution in [0.25, 0.3) is 0 Å². The number of pyridine rings is 1. The lowest BCUT2D eigenvalue weighted by molar-refractivity contribution is 0.594. The van der Waals surface area contributed by atoms with Crippen molar-refractivity contribution in [2.75, 3.05) is 11.3 Å². The van der Waals surface area contributed by atoms with Crippen molar-refractivity contribution >= 4 is 31.8 Å². The molecule has 3 N–H and O–H groups in total. The third kappa shape index (κ3) is 3.35. The summed E-state index contributed by atoms with van der Waals surface area (Å²) >= 11 is 3.25. The van der Waals surface area contributed by atoms with Gasteiger partial charge in [0.2, 0.25) is 0 Å². The maximum Gasteiger partial charge on any atom is 0.280 e. The van der Waals surface area contributed by atoms with E-state index >= 15 is 0 Å². The van der Waals surface area contributed by atoms with Gasteiger partial charge in [-0.05, 0) is 34.6 Å². The van der Waals surface area contributed by atoms with E-state index in [0.717, 1.165) is 6.54 Å². The van der Waals surface area contributed by atoms with Crippen molar-refractivity contribution in [2.45, 2.75) is 18.5 Å². The Kier molecular flexibility index (Phi) is 4.73. The van der Waals surface area contributed by atoms with Gasteiger partial charge in [0.05, 0.1) is 10.7 Å². The standard InChI is InChI=1S/C11H14BrN5O2S/c1-2-13-6-8-7-15-16-11(8)20(18,19)17-10-9(12)4-3-5-14-10/h3-5,7,13H,2,6H2,1H3,(H,14,17)(H,15,16). The first kappa shape index (κ1) is 14.9. The molecule has 20 heavy (non-hydrogen) atoms. The molecule has 0 unspecified atom stereocenters. The number of anilines is 1. The maximum absolute atomic E-state index is 12.3. The lowest BCUT2D eigenvalue weighted by Gasteiger charge is -2.08. The molecular weight excluding hydrogens is 346 g/mol. The van der Waals surface area contributed by atoms with Crippen LogP contribution in [-0.2, 0) is 16.6 Å². The number of nitrogens with zero attached hydrogens (tertiary/aromatic N) is 2. The first-order valence-corrected chi connectivity index (χ1v) is 8.18. The molecule has 0 atom stereocenters. The molecule has 0 aromatic carbocycles. The Bertz CT molecular complexity index is 686. The van der Waals surface area contributed by atoms with E-state index < -0.39 is 10.0 Å². The monoisotopic (exact) mass is 359 g/mol. The molecular formula is C11H14BrN5O2S. The van der Waals surface area contributed by atoms with Gasteiger partial charge in [-0.25, -0.2) is 4.98 Å². The van der Waals surface area contributed by atoms with E-state index in [2.05, 4.69) is 41.2 Å². The molecule has 108 valence electrons. The molecule has 0 fully saturated rings. The summed E-state index contributed by atoms with van der Waals surface area (Å²) in [5, 5.41) is 9.40. The van der Waals surface area contributed by atoms with Crippen LogP contribution in [0.1, 0.15) is 12.5 Å². The largest absolute Gasteiger partial charge is 0.313 e. The van der Waals surface area contributed by atoms with Crippen molar-refractivity contribution < 1.29 is 8.42 Å². The highest BCUT2D eigenvalue weighted by molar-refractivity contribution is 9.10. The van der Waals surface area contributed by atoms with Gasteiger partial charge in [-0.1, -0.05) is 6.92 Å². The SMILES string of the molecule is CCNCc1cn[nH]c1S(=O)(=O)Nc1ncccc1Br. The fourth-order valence-corrected chi connectivity index (χ4v) is 3.20. The van der Waals surface area contributed by atoms with Gasteiger partial charge in [0.1, 0.15) is 0 Å². The number of halogens is 1. The van der Waals surface area contributed by atoms with Crippen molar-refractivity contribution in [3.63, 3.8) is 0 Å². The number of nitrogens with one attached hydrogen (secondary N) is 3. The molecule has 7 nitrogen and oxygen atoms in total. The molecule has 0 saturated carbocycles. The number of aromatic amines is 1. The summed E-state index contributed by atoms with van der Waals surface area (Å²) in [6.07, 6.45) is 3.00. The fraction of sp³-hybridized carbons (Fsp3) is 0.273. The van der Waals surface area contributed by atoms with Gasteiger partial charge in [-0.2, -0.15) is 13.5 Å². The van der Waals surface area contributed by atoms with Gasteiger partial charge < -0.3 is 5.32 Å². The number of rotatable bonds is 6. The Labute approximate surface area is 125 Å². The topological polar surface area (TPSA) is 99.8 Å². The first-order valence-electron chi connectivity index (χ1n) is 5.91. The van der Waals surface area contributed by atoms with Crippen molar-refractivity contribution in [1.29, 1.82) is 0 Å². The average molecular weight is 360 g/mol. The lowest BCUT2D eigenvalue weighted by atomic mass is 10.3. The van der Waals surface area contributed by atoms with Crippen molar-refractivity contribution in [1.82, 2.24) is 20.5 Å². The van der Waals surface area contributed by atoms with E-state index in [1.165, 1.54) is 12.4 Å². The first-order chi connectivity index (χ1) is 9.54. The van der Waals surface area contributed by atoms with E-state index in [9.17, 15) is 8.42 Å². The quantitative estimate of drug-likeness (QED) is 0.725. The average Bonchev–Trinajstić information content (AvgIpc) is 2.88. The Morgan fingerprint density at radius 2 is 2.25 bits per heavy atom. The van der Waals surface area contributed by atoms with Gasteiger partial charge in [-0.3, -0.25) is 9.82 Å². The minimum absolute atomic E-state index is 0.0380. The van der Waals surface area contributed by atoms with E-state index in [0.29, 0.717) is 16.6 Å². The summed E-state index contributed by atoms with van der Waals surface area (Å²) in [5.41, 5.74) is 0.575. The maximum atomic E-state index is 12.3. The van der Waals surface area contributed by atoms with Gasteiger partial charge in [0.25, 0.3) is 10.0 Å². The molecule has 0 radical (unpaired) electrons. The minimum atomic E-state index is -3.75. The summed E-state index contributed by atoms with van der Waals surface area (Å²) in [5.74, 6) is 0.233. The molecule has 0 aliphatic heterocycles. The Morgan fingerprint density at radius 1 is 1.45 bits per heavy atom. The molecule has 0 spiro atoms. The molecule has 0 aliphatic rings. The van der Waals surface area contributed by atoms with Crippen LogP contribution in [-0.4, -0.2) is 30.1 Å². The van der Waals surface area contributed by atoms with Crippen LogP contribution in [0.15, 0.2) is 34.0 Å². The predicted octanol–water partition coefficient (Wildman–Crippen LogP) is 1.48. The third-order valence-electron chi connectivity index (χ3n) is 2.50. The summed E-state index contributed by atoms with van der Waals surface area (Å²) in [6, 6.07) is 3.41. The molecule has 2 heterocycles. The number of hydrogen-bond donors (Lipinski definition) is 3. The number of aromatic nitrogens is 3. The second-order valence-electron chi connectivity index (χ2n) is 3.94. The number of H-pyrrole nitrogens is 1. The normalized spacial score (nSPS) is 11.5. The fourth-order valence-electron chi connectivity index (χ4n) is 1.56. The summed E-state index contributed by atoms with van der Waals surface area (Å²) in [7, 11) is -3.75. The van der Waals surface area contributed by atoms with E-state index in [-0.39, 0.29) is 10.8 Å². The van der Waals surface area contributed by atoms with Crippen LogP contribution >= 0.6 is 15.9 Å². The molecule has 0 aliphatic carbocycles. The summed E-state index contributed by atoms with van der Waals surface area (Å²) in [6.45, 7) is 3.11. The third-order valence-corrected chi connectivity index (χ3v) is 4.49. The zero-order valence-corrected chi connectivity index (χ0v) is 13.1. The van der Waals surface area contributed by atoms with E-state index in [1.807, 2.05) is 6.92 Å². The Morgan fingerprint density at radius 3 is 2.95 bits per heavy atom. The van der Waals surface area contributed by atoms with Gasteiger partial charge in [0.15, 0.2) is 10.8 Å². The van der Waals surface area contributed by atoms with E-state index in [1.54, 1.807) is 12.1 Å². The van der Waals surface area contributed by atoms with Gasteiger partial charge in [-0.15, -0.1) is 0 Å². The second-order valence-corrected chi connectivity index (χ2v) is 6.42. The van der Waals surface area contributed by atoms with Crippen molar-refractivity contribution in [3.8, 4) is 0 Å². The van der Waals surface area contributed by atoms with Crippen LogP contribution in [0.5, 0.6) is 0 Å². The molecule has 0 saturated heterocycles. The molecule has 9 heteroatoms. The molecule has 2 aromatic heterocycles. The highest BCUT2D eigenvalue weighted by Gasteiger charge is 2.22. The van der Waals surface area contributed by atoms with Crippen LogP contribution in [0.4, 0.5) is 5.82 Å². The second kappa shape index (κ2) is 6.33. The van der Waals surface area contributed by atoms with Crippen LogP contribution in [0, 0.1) is 0 Å². The molecule has 0 amide bonds. The zero-order valence-electron chi connectivity index (χ0n) is 10.7. The molecule has 2 rings (SSSR count). The molecule has 2 aromatic rings. The van der Waals surface area contributed by atoms with Crippen molar-refractivity contribution in [2.24, 2.45) is 0 Å². The van der Waals surface area contributed by atoms with Crippen LogP contribution < -0.4 is 10.0 Å². The molecule has 0 bridgehead atoms. The van der Waals surface area contributed by atoms with Gasteiger partial charge >= 0.3 is 0 Å². The van der Waals surface area contributed by atoms with Crippen LogP contribution in [0.3, 0.4) is 0 Å². The predicted molar refractivity (Wildman–Crippen MR) is 78.7 cm³/mol. The summed E-state index contributed by atoms with van der Waals surface area (Å²) in [4.78, 5) is 3.98.